The van der Waals surface area contributed by atoms with E-state index in [0.29, 0.717) is 23.3 Å². The number of hydrogen-bond donors (Lipinski definition) is 4. The highest BCUT2D eigenvalue weighted by molar-refractivity contribution is 5.98. The Kier molecular flexibility index (Phi) is 6.90. The number of nitrogens with one attached hydrogen (secondary N) is 2. The molecule has 10 nitrogen and oxygen atoms in total. The van der Waals surface area contributed by atoms with Crippen molar-refractivity contribution in [3.8, 4) is 0 Å². The fourth-order valence-corrected chi connectivity index (χ4v) is 4.55. The van der Waals surface area contributed by atoms with E-state index in [1.54, 1.807) is 0 Å². The van der Waals surface area contributed by atoms with Crippen molar-refractivity contribution < 1.29 is 46.5 Å². The summed E-state index contributed by atoms with van der Waals surface area (Å²) in [7, 11) is 0. The molecule has 212 valence electrons. The van der Waals surface area contributed by atoms with Crippen molar-refractivity contribution in [2.45, 2.75) is 31.3 Å². The monoisotopic (exact) mass is 575 g/mol. The molecule has 0 saturated heterocycles. The predicted molar refractivity (Wildman–Crippen MR) is 129 cm³/mol. The Bertz CT molecular complexity index is 1720. The maximum absolute atomic E-state index is 14.4. The first-order valence-corrected chi connectivity index (χ1v) is 11.9. The lowest BCUT2D eigenvalue weighted by molar-refractivity contribution is -0.140. The largest absolute Gasteiger partial charge is 0.478 e. The van der Waals surface area contributed by atoms with Gasteiger partial charge in [0.15, 0.2) is 11.5 Å². The van der Waals surface area contributed by atoms with Crippen LogP contribution in [0.5, 0.6) is 0 Å². The van der Waals surface area contributed by atoms with Crippen LogP contribution in [0, 0.1) is 11.6 Å². The van der Waals surface area contributed by atoms with Crippen LogP contribution >= 0.6 is 0 Å². The molecule has 41 heavy (non-hydrogen) atoms. The van der Waals surface area contributed by atoms with Crippen LogP contribution in [-0.4, -0.2) is 48.7 Å². The lowest BCUT2D eigenvalue weighted by atomic mass is 10.0. The minimum Gasteiger partial charge on any atom is -0.478 e. The first kappa shape index (κ1) is 27.6. The minimum absolute atomic E-state index is 0.00305. The van der Waals surface area contributed by atoms with Crippen molar-refractivity contribution in [3.05, 3.63) is 99.5 Å². The fourth-order valence-electron chi connectivity index (χ4n) is 4.55. The summed E-state index contributed by atoms with van der Waals surface area (Å²) in [5.41, 5.74) is -1.96. The summed E-state index contributed by atoms with van der Waals surface area (Å²) in [5, 5.41) is 28.4. The van der Waals surface area contributed by atoms with Gasteiger partial charge in [-0.1, -0.05) is 12.1 Å². The van der Waals surface area contributed by atoms with E-state index in [1.165, 1.54) is 18.2 Å². The topological polar surface area (TPSA) is 146 Å². The number of amides is 2. The molecule has 0 saturated carbocycles. The van der Waals surface area contributed by atoms with Crippen molar-refractivity contribution in [2.24, 2.45) is 0 Å². The molecule has 2 aromatic heterocycles. The van der Waals surface area contributed by atoms with E-state index in [4.69, 9.17) is 0 Å². The number of alkyl halides is 3. The number of aliphatic hydroxyl groups excluding tert-OH is 1. The van der Waals surface area contributed by atoms with Gasteiger partial charge in [0.05, 0.1) is 29.5 Å². The number of rotatable bonds is 6. The van der Waals surface area contributed by atoms with E-state index in [2.05, 4.69) is 20.7 Å². The van der Waals surface area contributed by atoms with Gasteiger partial charge in [-0.15, -0.1) is 0 Å². The number of carbonyl (C=O) groups excluding carboxylic acids is 2. The zero-order valence-electron chi connectivity index (χ0n) is 20.5. The third kappa shape index (κ3) is 5.30. The fraction of sp³-hybridized carbons (Fsp3) is 0.192. The average Bonchev–Trinajstić information content (AvgIpc) is 3.44. The third-order valence-corrected chi connectivity index (χ3v) is 6.51. The molecular formula is C26H18F5N5O5. The molecule has 0 fully saturated rings. The molecular weight excluding hydrogens is 557 g/mol. The van der Waals surface area contributed by atoms with E-state index in [9.17, 15) is 46.5 Å². The lowest BCUT2D eigenvalue weighted by Gasteiger charge is -2.18. The van der Waals surface area contributed by atoms with Crippen LogP contribution in [-0.2, 0) is 19.1 Å². The number of aliphatic hydroxyl groups is 1. The maximum atomic E-state index is 14.4. The summed E-state index contributed by atoms with van der Waals surface area (Å²) in [6.07, 6.45) is -5.27. The molecule has 4 N–H and O–H groups in total. The summed E-state index contributed by atoms with van der Waals surface area (Å²) in [5.74, 6) is -5.49. The normalized spacial score (nSPS) is 16.4. The molecule has 15 heteroatoms. The summed E-state index contributed by atoms with van der Waals surface area (Å²) in [4.78, 5) is 41.2. The van der Waals surface area contributed by atoms with Crippen molar-refractivity contribution in [2.75, 3.05) is 0 Å². The van der Waals surface area contributed by atoms with Crippen LogP contribution in [0.4, 0.5) is 22.0 Å². The average molecular weight is 575 g/mol. The van der Waals surface area contributed by atoms with Crippen molar-refractivity contribution in [1.82, 2.24) is 25.2 Å². The van der Waals surface area contributed by atoms with Gasteiger partial charge in [0, 0.05) is 19.0 Å². The number of aromatic nitrogens is 3. The molecule has 2 amide bonds. The molecule has 5 rings (SSSR count). The van der Waals surface area contributed by atoms with Gasteiger partial charge in [0.25, 0.3) is 11.8 Å². The molecule has 1 aliphatic rings. The van der Waals surface area contributed by atoms with Gasteiger partial charge in [-0.25, -0.2) is 23.1 Å². The zero-order chi connectivity index (χ0) is 29.6. The van der Waals surface area contributed by atoms with Gasteiger partial charge < -0.3 is 20.8 Å². The molecule has 2 heterocycles. The smallest absolute Gasteiger partial charge is 0.419 e. The summed E-state index contributed by atoms with van der Waals surface area (Å²) >= 11 is 0. The second-order valence-electron chi connectivity index (χ2n) is 9.19. The third-order valence-electron chi connectivity index (χ3n) is 6.51. The highest BCUT2D eigenvalue weighted by atomic mass is 19.4. The summed E-state index contributed by atoms with van der Waals surface area (Å²) in [6.45, 7) is -0.471. The maximum Gasteiger partial charge on any atom is 0.419 e. The Balaban J connectivity index is 1.40. The number of carbonyl (C=O) groups is 3. The lowest BCUT2D eigenvalue weighted by Crippen LogP contribution is -2.35. The zero-order valence-corrected chi connectivity index (χ0v) is 20.5. The van der Waals surface area contributed by atoms with Crippen molar-refractivity contribution in [1.29, 1.82) is 0 Å². The van der Waals surface area contributed by atoms with Crippen LogP contribution < -0.4 is 10.6 Å². The molecule has 2 atom stereocenters. The molecule has 4 aromatic rings. The van der Waals surface area contributed by atoms with Crippen LogP contribution in [0.2, 0.25) is 0 Å². The highest BCUT2D eigenvalue weighted by Gasteiger charge is 2.35. The van der Waals surface area contributed by atoms with Crippen LogP contribution in [0.25, 0.3) is 5.65 Å². The second-order valence-corrected chi connectivity index (χ2v) is 9.19. The number of carboxylic acid groups (broad SMARTS) is 1. The first-order valence-electron chi connectivity index (χ1n) is 11.9. The van der Waals surface area contributed by atoms with Crippen LogP contribution in [0.3, 0.4) is 0 Å². The molecule has 0 bridgehead atoms. The Morgan fingerprint density at radius 3 is 2.49 bits per heavy atom. The Morgan fingerprint density at radius 2 is 1.78 bits per heavy atom. The van der Waals surface area contributed by atoms with Gasteiger partial charge in [0.2, 0.25) is 0 Å². The number of fused-ring (bicyclic) bond motifs is 2. The first-order chi connectivity index (χ1) is 19.3. The van der Waals surface area contributed by atoms with Gasteiger partial charge in [-0.05, 0) is 41.0 Å². The standard InChI is InChI=1S/C26H18F5N5O5/c27-16-4-1-11(5-15(16)26(29,30)31)9-32-23(38)18-8-19(36-22(34-18)17(28)10-33-36)24(39)35-21-14-3-2-12(25(40)41)6-13(14)7-20(21)37/h1-6,8,10,20-21,37H,7,9H2,(H,32,38)(H,35,39)(H,40,41)/t20-,21-/m1/s1. The van der Waals surface area contributed by atoms with Crippen molar-refractivity contribution >= 4 is 23.4 Å². The van der Waals surface area contributed by atoms with E-state index in [1.807, 2.05) is 0 Å². The van der Waals surface area contributed by atoms with E-state index >= 15 is 0 Å². The van der Waals surface area contributed by atoms with Crippen molar-refractivity contribution in [3.63, 3.8) is 0 Å². The number of benzene rings is 2. The van der Waals surface area contributed by atoms with Gasteiger partial charge in [-0.3, -0.25) is 9.59 Å². The van der Waals surface area contributed by atoms with Crippen LogP contribution in [0.15, 0.2) is 48.7 Å². The molecule has 0 unspecified atom stereocenters. The molecule has 0 aliphatic heterocycles. The SMILES string of the molecule is O=C(O)c1ccc2c(c1)C[C@@H](O)[C@@H]2NC(=O)c1cc(C(=O)NCc2ccc(F)c(C(F)(F)F)c2)nc2c(F)cnn12. The number of hydrogen-bond acceptors (Lipinski definition) is 6. The Labute approximate surface area is 226 Å². The molecule has 0 radical (unpaired) electrons. The Hall–Kier alpha value is -4.92. The van der Waals surface area contributed by atoms with Crippen LogP contribution in [0.1, 0.15) is 59.6 Å². The van der Waals surface area contributed by atoms with Gasteiger partial charge in [0.1, 0.15) is 17.2 Å². The van der Waals surface area contributed by atoms with Gasteiger partial charge in [-0.2, -0.15) is 18.3 Å². The summed E-state index contributed by atoms with van der Waals surface area (Å²) in [6, 6.07) is 6.33. The highest BCUT2D eigenvalue weighted by Crippen LogP contribution is 2.33. The number of nitrogens with zero attached hydrogens (tertiary/aromatic N) is 3. The Morgan fingerprint density at radius 1 is 1.02 bits per heavy atom. The quantitative estimate of drug-likeness (QED) is 0.259. The van der Waals surface area contributed by atoms with E-state index in [0.717, 1.165) is 22.8 Å². The van der Waals surface area contributed by atoms with Gasteiger partial charge >= 0.3 is 12.1 Å². The minimum atomic E-state index is -4.95. The second kappa shape index (κ2) is 10.2. The number of carboxylic acids is 1. The molecule has 1 aliphatic carbocycles. The van der Waals surface area contributed by atoms with E-state index in [-0.39, 0.29) is 23.2 Å². The molecule has 0 spiro atoms. The van der Waals surface area contributed by atoms with E-state index < -0.39 is 71.2 Å². The number of aromatic carboxylic acids is 1. The predicted octanol–water partition coefficient (Wildman–Crippen LogP) is 3.04. The number of halogens is 5. The molecule has 2 aromatic carbocycles. The summed E-state index contributed by atoms with van der Waals surface area (Å²) < 4.78 is 67.8.